The van der Waals surface area contributed by atoms with Crippen LogP contribution in [0.25, 0.3) is 0 Å². The number of phosphoric acid groups is 1. The number of aliphatic hydroxyl groups is 27. The van der Waals surface area contributed by atoms with Gasteiger partial charge in [-0.05, 0) is 0 Å². The molecule has 10 fully saturated rings. The Balaban J connectivity index is 1.02. The number of nitrogens with one attached hydrogen (secondary N) is 4. The minimum absolute atomic E-state index is 0.405. The second kappa shape index (κ2) is 47.6. The molecule has 0 saturated carbocycles. The minimum Gasteiger partial charge on any atom is -0.394 e. The summed E-state index contributed by atoms with van der Waals surface area (Å²) in [7, 11) is -5.34. The van der Waals surface area contributed by atoms with Gasteiger partial charge in [0.1, 0.15) is 244 Å². The van der Waals surface area contributed by atoms with Gasteiger partial charge in [-0.2, -0.15) is 0 Å². The Labute approximate surface area is 735 Å². The van der Waals surface area contributed by atoms with Gasteiger partial charge in [-0.15, -0.1) is 0 Å². The molecule has 59 nitrogen and oxygen atoms in total. The monoisotopic (exact) mass is 1930 g/mol. The summed E-state index contributed by atoms with van der Waals surface area (Å²) >= 11 is 0. The van der Waals surface area contributed by atoms with Crippen LogP contribution in [0.5, 0.6) is 0 Å². The number of aliphatic hydroxyl groups excluding tert-OH is 27. The van der Waals surface area contributed by atoms with Crippen molar-refractivity contribution in [1.82, 2.24) is 21.3 Å². The van der Waals surface area contributed by atoms with E-state index in [9.17, 15) is 167 Å². The van der Waals surface area contributed by atoms with Crippen molar-refractivity contribution in [2.75, 3.05) is 79.2 Å². The molecule has 51 atom stereocenters. The second-order valence-corrected chi connectivity index (χ2v) is 33.7. The first-order valence-corrected chi connectivity index (χ1v) is 42.6. The normalized spacial score (nSPS) is 47.9. The lowest BCUT2D eigenvalue weighted by Gasteiger charge is -2.51. The van der Waals surface area contributed by atoms with E-state index < -0.39 is 417 Å². The largest absolute Gasteiger partial charge is 0.472 e. The molecule has 754 valence electrons. The molecule has 34 N–H and O–H groups in total. The molecule has 1 unspecified atom stereocenters. The van der Waals surface area contributed by atoms with Crippen LogP contribution in [-0.2, 0) is 123 Å². The van der Waals surface area contributed by atoms with Crippen molar-refractivity contribution in [2.45, 2.75) is 335 Å². The van der Waals surface area contributed by atoms with Crippen LogP contribution in [0.3, 0.4) is 0 Å². The molecule has 0 aromatic heterocycles. The Hall–Kier alpha value is -3.89. The number of carbonyl (C=O) groups excluding carboxylic acids is 4. The molecule has 60 heteroatoms. The van der Waals surface area contributed by atoms with Gasteiger partial charge < -0.3 is 260 Å². The highest BCUT2D eigenvalue weighted by atomic mass is 31.2. The summed E-state index contributed by atoms with van der Waals surface area (Å²) < 4.78 is 137. The minimum atomic E-state index is -5.34. The molecule has 0 aromatic carbocycles. The van der Waals surface area contributed by atoms with Crippen LogP contribution in [0.2, 0.25) is 0 Å². The van der Waals surface area contributed by atoms with Crippen LogP contribution in [0.1, 0.15) is 27.7 Å². The van der Waals surface area contributed by atoms with Crippen molar-refractivity contribution in [3.05, 3.63) is 0 Å². The number of carbonyl (C=O) groups is 4. The number of hydrogen-bond donors (Lipinski definition) is 33. The number of hydrogen-bond acceptors (Lipinski definition) is 54. The predicted molar refractivity (Wildman–Crippen MR) is 400 cm³/mol. The van der Waals surface area contributed by atoms with Gasteiger partial charge in [-0.1, -0.05) is 0 Å². The van der Waals surface area contributed by atoms with E-state index in [-0.39, 0.29) is 0 Å². The average molecular weight is 1930 g/mol. The number of rotatable bonds is 37. The summed E-state index contributed by atoms with van der Waals surface area (Å²) in [6.07, 6.45) is -100. The van der Waals surface area contributed by atoms with Crippen molar-refractivity contribution < 1.29 is 266 Å². The molecule has 10 aliphatic heterocycles. The van der Waals surface area contributed by atoms with Crippen molar-refractivity contribution in [3.8, 4) is 0 Å². The molecule has 130 heavy (non-hydrogen) atoms. The van der Waals surface area contributed by atoms with Gasteiger partial charge in [-0.3, -0.25) is 28.2 Å². The number of nitrogens with two attached hydrogens (primary N) is 1. The molecule has 0 spiro atoms. The van der Waals surface area contributed by atoms with E-state index in [1.165, 1.54) is 0 Å². The van der Waals surface area contributed by atoms with Crippen LogP contribution < -0.4 is 27.0 Å². The number of ether oxygens (including phenoxy) is 19. The third-order valence-electron chi connectivity index (χ3n) is 23.0. The third-order valence-corrected chi connectivity index (χ3v) is 24.0. The fraction of sp³-hybridized carbons (Fsp3) is 0.943. The highest BCUT2D eigenvalue weighted by Gasteiger charge is 2.62. The second-order valence-electron chi connectivity index (χ2n) is 32.2. The van der Waals surface area contributed by atoms with Gasteiger partial charge in [0.2, 0.25) is 23.6 Å². The fourth-order valence-electron chi connectivity index (χ4n) is 16.2. The van der Waals surface area contributed by atoms with Gasteiger partial charge in [0, 0.05) is 34.2 Å². The maximum absolute atomic E-state index is 13.5. The van der Waals surface area contributed by atoms with E-state index in [4.69, 9.17) is 105 Å². The van der Waals surface area contributed by atoms with Gasteiger partial charge in [0.15, 0.2) is 62.9 Å². The summed E-state index contributed by atoms with van der Waals surface area (Å²) in [6.45, 7) is -8.88. The van der Waals surface area contributed by atoms with Crippen molar-refractivity contribution in [3.63, 3.8) is 0 Å². The Morgan fingerprint density at radius 2 is 0.554 bits per heavy atom. The van der Waals surface area contributed by atoms with Gasteiger partial charge in [0.25, 0.3) is 0 Å². The Kier molecular flexibility index (Phi) is 39.6. The lowest BCUT2D eigenvalue weighted by Crippen LogP contribution is -2.71. The molecule has 10 aliphatic rings. The molecule has 10 rings (SSSR count). The van der Waals surface area contributed by atoms with Crippen molar-refractivity contribution in [1.29, 1.82) is 0 Å². The van der Waals surface area contributed by atoms with Gasteiger partial charge in [0.05, 0.1) is 72.7 Å². The third kappa shape index (κ3) is 24.9. The molecule has 4 amide bonds. The lowest BCUT2D eigenvalue weighted by atomic mass is 9.93. The topological polar surface area (TPSA) is 920 Å². The zero-order valence-corrected chi connectivity index (χ0v) is 70.4. The quantitative estimate of drug-likeness (QED) is 0.0257. The van der Waals surface area contributed by atoms with Crippen molar-refractivity contribution in [2.24, 2.45) is 5.73 Å². The van der Waals surface area contributed by atoms with E-state index in [0.717, 1.165) is 27.7 Å². The summed E-state index contributed by atoms with van der Waals surface area (Å²) in [5.74, 6) is -3.89. The highest BCUT2D eigenvalue weighted by molar-refractivity contribution is 7.47. The van der Waals surface area contributed by atoms with Crippen LogP contribution in [0.4, 0.5) is 0 Å². The molecule has 10 saturated heterocycles. The first-order valence-electron chi connectivity index (χ1n) is 41.1. The summed E-state index contributed by atoms with van der Waals surface area (Å²) in [5.41, 5.74) is 5.52. The lowest BCUT2D eigenvalue weighted by molar-refractivity contribution is -0.398. The first kappa shape index (κ1) is 108. The van der Waals surface area contributed by atoms with Crippen molar-refractivity contribution >= 4 is 31.5 Å². The smallest absolute Gasteiger partial charge is 0.394 e. The molecular formula is C70H120N5O54P. The highest BCUT2D eigenvalue weighted by Crippen LogP contribution is 2.46. The van der Waals surface area contributed by atoms with E-state index in [0.29, 0.717) is 0 Å². The van der Waals surface area contributed by atoms with Gasteiger partial charge >= 0.3 is 7.82 Å². The van der Waals surface area contributed by atoms with Crippen LogP contribution in [0.15, 0.2) is 0 Å². The zero-order chi connectivity index (χ0) is 95.8. The van der Waals surface area contributed by atoms with Crippen LogP contribution in [0, 0.1) is 0 Å². The maximum atomic E-state index is 13.5. The van der Waals surface area contributed by atoms with Crippen LogP contribution in [-0.4, -0.2) is 552 Å². The predicted octanol–water partition coefficient (Wildman–Crippen LogP) is -22.1. The zero-order valence-electron chi connectivity index (χ0n) is 69.5. The number of amides is 4. The first-order chi connectivity index (χ1) is 61.4. The van der Waals surface area contributed by atoms with E-state index >= 15 is 0 Å². The Morgan fingerprint density at radius 1 is 0.269 bits per heavy atom. The van der Waals surface area contributed by atoms with E-state index in [1.54, 1.807) is 0 Å². The standard InChI is InChI=1S/C70H120N5O54P/c1-17(83)72-31-42(94)54(26(12-81)113-61(31)106)123-62-32(73-18(2)84)43(95)55(27(13-82)119-62)125-69-53(105)59(41(93)29(121-69)15-110-66-52(104)58(127-68-51(103)47(99)37(89)23(9-78)117-68)40(92)28(120-66)14-109-65-49(101)45(97)35(87)21(7-76)115-65)128-70-60(48(100)38(90)24(10-79)118-70)129-63-33(74-19(3)85)44(96)56(30(122-63)16-112-130(107,108)111-6-5-71)124-64-34(75-20(4)86)57(39(91)25(11-80)114-64)126-67-50(102)46(98)36(88)22(8-77)116-67/h21-70,76-82,87-106H,5-16,71H2,1-4H3,(H,72,83)(H,73,84)(H,74,85)(H,75,86)(H,107,108)/t21-,22-,23-,24-,25-,26-,27-,28-,29-,30-,31-,32-,33-,34-,35-,36+,37-,38-,39+,40-,41-,42-,43-,44-,45+,46+,47+,48+,49+,50-,51+,52+,53+,54-,55-,56-,57-,58+,59+,60+,61-,62+,63+,64+,65+,66+,67+,68-,69+,70-/m1/s1. The summed E-state index contributed by atoms with van der Waals surface area (Å²) in [6, 6.07) is -7.87. The summed E-state index contributed by atoms with van der Waals surface area (Å²) in [4.78, 5) is 62.9. The average Bonchev–Trinajstić information content (AvgIpc) is 0.699. The molecule has 0 radical (unpaired) electrons. The van der Waals surface area contributed by atoms with E-state index in [2.05, 4.69) is 21.3 Å². The Morgan fingerprint density at radius 3 is 1.01 bits per heavy atom. The molecule has 0 bridgehead atoms. The molecule has 0 aromatic rings. The Bertz CT molecular complexity index is 3580. The molecule has 0 aliphatic carbocycles. The van der Waals surface area contributed by atoms with Crippen LogP contribution >= 0.6 is 7.82 Å². The maximum Gasteiger partial charge on any atom is 0.472 e. The molecular weight excluding hydrogens is 1810 g/mol. The van der Waals surface area contributed by atoms with Gasteiger partial charge in [-0.25, -0.2) is 4.57 Å². The summed E-state index contributed by atoms with van der Waals surface area (Å²) in [5, 5.41) is 312. The number of phosphoric ester groups is 1. The fourth-order valence-corrected chi connectivity index (χ4v) is 17.0. The SMILES string of the molecule is CC(=O)N[C@@H]1[C@@H](O)[C@H](O[C@@H]2O[C@H](CO)[C@@H](O[C@@H]3O[C@H](CO[C@H]4O[C@H](CO[C@H]5O[C@H](CO)[C@@H](O)[C@H](O)[C@@H]5O)[C@@H](O)[C@H](O[C@H]5O[C@H](CO)[C@@H](O)[C@H](O)[C@@H]5O)[C@@H]4O)[C@@H](O)[C@H](O[C@H]4O[C@H](CO)[C@@H](O)[C@H](O)[C@@H]4O[C@@H]4O[C@H](COP(=O)(O)OCCN)[C@@H](O[C@@H]5O[C@H](CO)[C@H](O)[C@H](O[C@@H]6O[C@H](CO)[C@H](O)[C@H](O)[C@H]6O)[C@H]5NC(C)=O)[C@H](O)[C@H]4NC(C)=O)[C@@H]3O)[C@H](O)[C@H]2NC(C)=O)[C@@H](CO)O[C@H]1O. The van der Waals surface area contributed by atoms with E-state index in [1.807, 2.05) is 0 Å². The molecule has 10 heterocycles.